The van der Waals surface area contributed by atoms with Gasteiger partial charge in [-0.05, 0) is 49.2 Å². The lowest BCUT2D eigenvalue weighted by molar-refractivity contribution is 0.0601. The molecule has 2 aromatic rings. The smallest absolute Gasteiger partial charge is 0.340 e. The van der Waals surface area contributed by atoms with Crippen LogP contribution in [0.1, 0.15) is 21.5 Å². The molecule has 0 atom stereocenters. The van der Waals surface area contributed by atoms with Crippen molar-refractivity contribution in [3.05, 3.63) is 52.0 Å². The summed E-state index contributed by atoms with van der Waals surface area (Å²) >= 11 is 6.00. The molecule has 0 unspecified atom stereocenters. The van der Waals surface area contributed by atoms with Crippen LogP contribution in [0.15, 0.2) is 30.3 Å². The number of halogens is 1. The van der Waals surface area contributed by atoms with Crippen molar-refractivity contribution in [2.45, 2.75) is 13.8 Å². The van der Waals surface area contributed by atoms with E-state index in [0.29, 0.717) is 16.5 Å². The summed E-state index contributed by atoms with van der Waals surface area (Å²) in [6, 6.07) is 8.61. The van der Waals surface area contributed by atoms with Crippen molar-refractivity contribution < 1.29 is 14.3 Å². The number of esters is 1. The zero-order chi connectivity index (χ0) is 15.6. The molecule has 0 bridgehead atoms. The van der Waals surface area contributed by atoms with E-state index in [2.05, 4.69) is 0 Å². The number of anilines is 1. The number of nitrogens with two attached hydrogens (primary N) is 1. The Morgan fingerprint density at radius 1 is 1.19 bits per heavy atom. The van der Waals surface area contributed by atoms with Crippen LogP contribution in [-0.2, 0) is 4.74 Å². The first kappa shape index (κ1) is 15.2. The highest BCUT2D eigenvalue weighted by Gasteiger charge is 2.15. The fourth-order valence-corrected chi connectivity index (χ4v) is 2.42. The van der Waals surface area contributed by atoms with Crippen molar-refractivity contribution in [3.63, 3.8) is 0 Å². The van der Waals surface area contributed by atoms with Crippen molar-refractivity contribution in [3.8, 4) is 11.5 Å². The Balaban J connectivity index is 2.44. The van der Waals surface area contributed by atoms with Crippen LogP contribution < -0.4 is 10.5 Å². The van der Waals surface area contributed by atoms with Crippen LogP contribution in [0.3, 0.4) is 0 Å². The number of ether oxygens (including phenoxy) is 2. The molecule has 0 aliphatic carbocycles. The summed E-state index contributed by atoms with van der Waals surface area (Å²) in [5.41, 5.74) is 8.29. The number of nitrogen functional groups attached to an aromatic ring is 1. The van der Waals surface area contributed by atoms with E-state index < -0.39 is 5.97 Å². The van der Waals surface area contributed by atoms with E-state index in [1.165, 1.54) is 7.11 Å². The Morgan fingerprint density at radius 3 is 2.38 bits per heavy atom. The van der Waals surface area contributed by atoms with E-state index in [1.807, 2.05) is 26.0 Å². The van der Waals surface area contributed by atoms with E-state index in [9.17, 15) is 4.79 Å². The molecule has 0 amide bonds. The maximum Gasteiger partial charge on any atom is 0.340 e. The Bertz CT molecular complexity index is 675. The van der Waals surface area contributed by atoms with Crippen molar-refractivity contribution in [2.24, 2.45) is 0 Å². The summed E-state index contributed by atoms with van der Waals surface area (Å²) in [7, 11) is 1.31. The van der Waals surface area contributed by atoms with Crippen LogP contribution in [0, 0.1) is 13.8 Å². The first-order chi connectivity index (χ1) is 9.93. The number of para-hydroxylation sites is 1. The van der Waals surface area contributed by atoms with E-state index in [-0.39, 0.29) is 11.3 Å². The molecule has 2 N–H and O–H groups in total. The van der Waals surface area contributed by atoms with Gasteiger partial charge in [0.25, 0.3) is 0 Å². The molecule has 4 nitrogen and oxygen atoms in total. The number of carbonyl (C=O) groups excluding carboxylic acids is 1. The van der Waals surface area contributed by atoms with Gasteiger partial charge in [0.2, 0.25) is 0 Å². The number of hydrogen-bond acceptors (Lipinski definition) is 4. The molecule has 2 aromatic carbocycles. The van der Waals surface area contributed by atoms with E-state index in [1.54, 1.807) is 18.2 Å². The van der Waals surface area contributed by atoms with Gasteiger partial charge in [0.05, 0.1) is 18.4 Å². The molecule has 21 heavy (non-hydrogen) atoms. The summed E-state index contributed by atoms with van der Waals surface area (Å²) in [5, 5.41) is 0.647. The average Bonchev–Trinajstić information content (AvgIpc) is 2.43. The SMILES string of the molecule is COC(=O)c1cccc(Oc2c(C)cc(Cl)cc2C)c1N. The zero-order valence-corrected chi connectivity index (χ0v) is 12.8. The first-order valence-corrected chi connectivity index (χ1v) is 6.73. The maximum absolute atomic E-state index is 11.6. The van der Waals surface area contributed by atoms with E-state index >= 15 is 0 Å². The van der Waals surface area contributed by atoms with Crippen LogP contribution in [-0.4, -0.2) is 13.1 Å². The molecular formula is C16H16ClNO3. The van der Waals surface area contributed by atoms with E-state index in [4.69, 9.17) is 26.8 Å². The van der Waals surface area contributed by atoms with Crippen molar-refractivity contribution in [1.29, 1.82) is 0 Å². The first-order valence-electron chi connectivity index (χ1n) is 6.35. The van der Waals surface area contributed by atoms with Crippen molar-refractivity contribution >= 4 is 23.3 Å². The zero-order valence-electron chi connectivity index (χ0n) is 12.1. The third kappa shape index (κ3) is 3.11. The van der Waals surface area contributed by atoms with Crippen LogP contribution in [0.5, 0.6) is 11.5 Å². The average molecular weight is 306 g/mol. The lowest BCUT2D eigenvalue weighted by atomic mass is 10.1. The second kappa shape index (κ2) is 6.06. The second-order valence-corrected chi connectivity index (χ2v) is 5.12. The van der Waals surface area contributed by atoms with Gasteiger partial charge in [-0.1, -0.05) is 17.7 Å². The topological polar surface area (TPSA) is 61.5 Å². The quantitative estimate of drug-likeness (QED) is 0.684. The molecule has 0 fully saturated rings. The maximum atomic E-state index is 11.6. The molecule has 0 aromatic heterocycles. The van der Waals surface area contributed by atoms with Gasteiger partial charge in [-0.2, -0.15) is 0 Å². The predicted octanol–water partition coefficient (Wildman–Crippen LogP) is 4.12. The minimum Gasteiger partial charge on any atom is -0.465 e. The molecule has 0 saturated carbocycles. The minimum absolute atomic E-state index is 0.248. The molecule has 0 spiro atoms. The normalized spacial score (nSPS) is 10.3. The molecule has 0 aliphatic rings. The summed E-state index contributed by atoms with van der Waals surface area (Å²) < 4.78 is 10.6. The minimum atomic E-state index is -0.498. The molecule has 2 rings (SSSR count). The number of hydrogen-bond donors (Lipinski definition) is 1. The number of rotatable bonds is 3. The van der Waals surface area contributed by atoms with Gasteiger partial charge in [0, 0.05) is 5.02 Å². The number of benzene rings is 2. The largest absolute Gasteiger partial charge is 0.465 e. The molecule has 0 heterocycles. The van der Waals surface area contributed by atoms with Gasteiger partial charge < -0.3 is 15.2 Å². The lowest BCUT2D eigenvalue weighted by Gasteiger charge is -2.15. The van der Waals surface area contributed by atoms with Gasteiger partial charge in [0.1, 0.15) is 5.75 Å². The Kier molecular flexibility index (Phi) is 4.38. The third-order valence-electron chi connectivity index (χ3n) is 3.11. The molecule has 5 heteroatoms. The third-order valence-corrected chi connectivity index (χ3v) is 3.33. The highest BCUT2D eigenvalue weighted by Crippen LogP contribution is 2.35. The fourth-order valence-electron chi connectivity index (χ4n) is 2.09. The Labute approximate surface area is 128 Å². The number of aryl methyl sites for hydroxylation is 2. The van der Waals surface area contributed by atoms with Gasteiger partial charge in [-0.15, -0.1) is 0 Å². The highest BCUT2D eigenvalue weighted by molar-refractivity contribution is 6.30. The van der Waals surface area contributed by atoms with Crippen molar-refractivity contribution in [2.75, 3.05) is 12.8 Å². The molecule has 110 valence electrons. The summed E-state index contributed by atoms with van der Waals surface area (Å²) in [5.74, 6) is 0.585. The van der Waals surface area contributed by atoms with Gasteiger partial charge in [0.15, 0.2) is 5.75 Å². The second-order valence-electron chi connectivity index (χ2n) is 4.68. The number of carbonyl (C=O) groups is 1. The summed E-state index contributed by atoms with van der Waals surface area (Å²) in [6.07, 6.45) is 0. The lowest BCUT2D eigenvalue weighted by Crippen LogP contribution is -2.06. The van der Waals surface area contributed by atoms with Crippen LogP contribution in [0.4, 0.5) is 5.69 Å². The summed E-state index contributed by atoms with van der Waals surface area (Å²) in [4.78, 5) is 11.6. The molecular weight excluding hydrogens is 290 g/mol. The van der Waals surface area contributed by atoms with Crippen LogP contribution >= 0.6 is 11.6 Å². The number of methoxy groups -OCH3 is 1. The van der Waals surface area contributed by atoms with Crippen LogP contribution in [0.25, 0.3) is 0 Å². The van der Waals surface area contributed by atoms with Gasteiger partial charge in [-0.3, -0.25) is 0 Å². The predicted molar refractivity (Wildman–Crippen MR) is 83.2 cm³/mol. The van der Waals surface area contributed by atoms with Crippen molar-refractivity contribution in [1.82, 2.24) is 0 Å². The van der Waals surface area contributed by atoms with Crippen LogP contribution in [0.2, 0.25) is 5.02 Å². The van der Waals surface area contributed by atoms with Gasteiger partial charge >= 0.3 is 5.97 Å². The molecule has 0 aliphatic heterocycles. The Morgan fingerprint density at radius 2 is 1.81 bits per heavy atom. The highest BCUT2D eigenvalue weighted by atomic mass is 35.5. The summed E-state index contributed by atoms with van der Waals surface area (Å²) in [6.45, 7) is 3.79. The fraction of sp³-hybridized carbons (Fsp3) is 0.188. The standard InChI is InChI=1S/C16H16ClNO3/c1-9-7-11(17)8-10(2)15(9)21-13-6-4-5-12(14(13)18)16(19)20-3/h4-8H,18H2,1-3H3. The Hall–Kier alpha value is -2.20. The monoisotopic (exact) mass is 305 g/mol. The van der Waals surface area contributed by atoms with Gasteiger partial charge in [-0.25, -0.2) is 4.79 Å². The van der Waals surface area contributed by atoms with E-state index in [0.717, 1.165) is 11.1 Å². The molecule has 0 radical (unpaired) electrons. The molecule has 0 saturated heterocycles.